The maximum atomic E-state index is 12.3. The molecule has 2 heterocycles. The lowest BCUT2D eigenvalue weighted by molar-refractivity contribution is -0.141. The molecule has 0 fully saturated rings. The van der Waals surface area contributed by atoms with E-state index in [9.17, 15) is 18.0 Å². The number of Topliss-reactive ketones (excluding diaryl/α,β-unsaturated/α-hetero) is 1. The molecule has 18 heavy (non-hydrogen) atoms. The number of carbonyl (C=O) groups excluding carboxylic acids is 1. The van der Waals surface area contributed by atoms with E-state index in [-0.39, 0.29) is 12.3 Å². The van der Waals surface area contributed by atoms with Crippen molar-refractivity contribution in [3.05, 3.63) is 38.8 Å². The monoisotopic (exact) mass is 338 g/mol. The molecule has 96 valence electrons. The zero-order chi connectivity index (χ0) is 13.3. The molecule has 2 rings (SSSR count). The first-order valence-corrected chi connectivity index (χ1v) is 6.42. The Morgan fingerprint density at radius 3 is 2.67 bits per heavy atom. The molecule has 0 aromatic carbocycles. The van der Waals surface area contributed by atoms with Crippen molar-refractivity contribution < 1.29 is 18.0 Å². The number of hydrogen-bond donors (Lipinski definition) is 0. The van der Waals surface area contributed by atoms with E-state index in [2.05, 4.69) is 21.0 Å². The molecule has 2 aromatic heterocycles. The molecule has 0 radical (unpaired) electrons. The first kappa shape index (κ1) is 13.3. The lowest BCUT2D eigenvalue weighted by Gasteiger charge is -2.02. The first-order chi connectivity index (χ1) is 8.38. The third kappa shape index (κ3) is 2.81. The Balaban J connectivity index is 2.13. The van der Waals surface area contributed by atoms with Gasteiger partial charge in [-0.05, 0) is 33.4 Å². The van der Waals surface area contributed by atoms with Gasteiger partial charge in [0.05, 0.1) is 4.88 Å². The molecule has 0 amide bonds. The Morgan fingerprint density at radius 1 is 1.44 bits per heavy atom. The molecule has 0 saturated heterocycles. The fourth-order valence-corrected chi connectivity index (χ4v) is 2.84. The average molecular weight is 339 g/mol. The van der Waals surface area contributed by atoms with Gasteiger partial charge in [0.2, 0.25) is 0 Å². The second kappa shape index (κ2) is 4.85. The molecule has 0 N–H and O–H groups in total. The Bertz CT molecular complexity index is 576. The van der Waals surface area contributed by atoms with Crippen LogP contribution in [0.2, 0.25) is 0 Å². The van der Waals surface area contributed by atoms with Gasteiger partial charge >= 0.3 is 6.18 Å². The van der Waals surface area contributed by atoms with E-state index < -0.39 is 11.9 Å². The number of carbonyl (C=O) groups is 1. The van der Waals surface area contributed by atoms with Crippen molar-refractivity contribution in [2.24, 2.45) is 0 Å². The molecule has 0 atom stereocenters. The van der Waals surface area contributed by atoms with Gasteiger partial charge in [0.15, 0.2) is 11.5 Å². The standard InChI is InChI=1S/C10H6BrF3N2OS/c11-6-2-4-18-9(6)7(17)5-16-3-1-8(15-16)10(12,13)14/h1-4H,5H2. The Labute approximate surface area is 112 Å². The maximum Gasteiger partial charge on any atom is 0.435 e. The SMILES string of the molecule is O=C(Cn1ccc(C(F)(F)F)n1)c1sccc1Br. The van der Waals surface area contributed by atoms with Crippen molar-refractivity contribution in [2.75, 3.05) is 0 Å². The molecule has 0 spiro atoms. The van der Waals surface area contributed by atoms with Gasteiger partial charge in [0.1, 0.15) is 6.54 Å². The summed E-state index contributed by atoms with van der Waals surface area (Å²) in [7, 11) is 0. The molecular formula is C10H6BrF3N2OS. The highest BCUT2D eigenvalue weighted by Crippen LogP contribution is 2.27. The number of aromatic nitrogens is 2. The van der Waals surface area contributed by atoms with E-state index >= 15 is 0 Å². The van der Waals surface area contributed by atoms with Crippen molar-refractivity contribution in [1.29, 1.82) is 0 Å². The molecule has 0 aliphatic rings. The lowest BCUT2D eigenvalue weighted by atomic mass is 10.3. The van der Waals surface area contributed by atoms with Gasteiger partial charge in [-0.15, -0.1) is 11.3 Å². The predicted octanol–water partition coefficient (Wildman–Crippen LogP) is 3.61. The van der Waals surface area contributed by atoms with E-state index in [1.165, 1.54) is 11.3 Å². The van der Waals surface area contributed by atoms with Gasteiger partial charge in [-0.2, -0.15) is 18.3 Å². The van der Waals surface area contributed by atoms with Crippen LogP contribution >= 0.6 is 27.3 Å². The van der Waals surface area contributed by atoms with Gasteiger partial charge in [0, 0.05) is 10.7 Å². The molecule has 3 nitrogen and oxygen atoms in total. The second-order valence-electron chi connectivity index (χ2n) is 3.42. The first-order valence-electron chi connectivity index (χ1n) is 4.75. The highest BCUT2D eigenvalue weighted by Gasteiger charge is 2.33. The molecule has 0 aliphatic heterocycles. The summed E-state index contributed by atoms with van der Waals surface area (Å²) in [5, 5.41) is 5.04. The topological polar surface area (TPSA) is 34.9 Å². The van der Waals surface area contributed by atoms with E-state index in [1.54, 1.807) is 11.4 Å². The van der Waals surface area contributed by atoms with Crippen LogP contribution in [0.1, 0.15) is 15.4 Å². The van der Waals surface area contributed by atoms with Gasteiger partial charge in [-0.1, -0.05) is 0 Å². The average Bonchev–Trinajstić information content (AvgIpc) is 2.85. The summed E-state index contributed by atoms with van der Waals surface area (Å²) >= 11 is 4.43. The van der Waals surface area contributed by atoms with Gasteiger partial charge in [0.25, 0.3) is 0 Å². The normalized spacial score (nSPS) is 11.8. The molecular weight excluding hydrogens is 333 g/mol. The van der Waals surface area contributed by atoms with Crippen molar-refractivity contribution >= 4 is 33.0 Å². The molecule has 0 aliphatic carbocycles. The number of alkyl halides is 3. The fraction of sp³-hybridized carbons (Fsp3) is 0.200. The van der Waals surface area contributed by atoms with Crippen LogP contribution in [0, 0.1) is 0 Å². The molecule has 8 heteroatoms. The number of hydrogen-bond acceptors (Lipinski definition) is 3. The van der Waals surface area contributed by atoms with Crippen LogP contribution in [-0.4, -0.2) is 15.6 Å². The summed E-state index contributed by atoms with van der Waals surface area (Å²) < 4.78 is 38.6. The minimum atomic E-state index is -4.49. The lowest BCUT2D eigenvalue weighted by Crippen LogP contribution is -2.12. The van der Waals surface area contributed by atoms with Crippen LogP contribution in [0.25, 0.3) is 0 Å². The minimum Gasteiger partial charge on any atom is -0.291 e. The number of rotatable bonds is 3. The van der Waals surface area contributed by atoms with Crippen LogP contribution < -0.4 is 0 Å². The summed E-state index contributed by atoms with van der Waals surface area (Å²) in [4.78, 5) is 12.3. The van der Waals surface area contributed by atoms with Crippen LogP contribution in [-0.2, 0) is 12.7 Å². The third-order valence-corrected chi connectivity index (χ3v) is 3.99. The third-order valence-electron chi connectivity index (χ3n) is 2.11. The van der Waals surface area contributed by atoms with Gasteiger partial charge in [-0.3, -0.25) is 9.48 Å². The van der Waals surface area contributed by atoms with Gasteiger partial charge < -0.3 is 0 Å². The van der Waals surface area contributed by atoms with Crippen molar-refractivity contribution in [1.82, 2.24) is 9.78 Å². The van der Waals surface area contributed by atoms with Crippen molar-refractivity contribution in [2.45, 2.75) is 12.7 Å². The van der Waals surface area contributed by atoms with Crippen molar-refractivity contribution in [3.63, 3.8) is 0 Å². The molecule has 0 saturated carbocycles. The van der Waals surface area contributed by atoms with Crippen LogP contribution in [0.4, 0.5) is 13.2 Å². The van der Waals surface area contributed by atoms with Crippen molar-refractivity contribution in [3.8, 4) is 0 Å². The summed E-state index contributed by atoms with van der Waals surface area (Å²) in [5.74, 6) is -0.284. The number of halogens is 4. The highest BCUT2D eigenvalue weighted by atomic mass is 79.9. The zero-order valence-corrected chi connectivity index (χ0v) is 11.1. The number of ketones is 1. The minimum absolute atomic E-state index is 0.213. The molecule has 0 bridgehead atoms. The molecule has 2 aromatic rings. The smallest absolute Gasteiger partial charge is 0.291 e. The van der Waals surface area contributed by atoms with Crippen LogP contribution in [0.5, 0.6) is 0 Å². The number of nitrogens with zero attached hydrogens (tertiary/aromatic N) is 2. The molecule has 0 unspecified atom stereocenters. The zero-order valence-electron chi connectivity index (χ0n) is 8.74. The van der Waals surface area contributed by atoms with Crippen LogP contribution in [0.15, 0.2) is 28.2 Å². The fourth-order valence-electron chi connectivity index (χ4n) is 1.31. The summed E-state index contributed by atoms with van der Waals surface area (Å²) in [6.45, 7) is -0.213. The Hall–Kier alpha value is -1.15. The number of thiophene rings is 1. The largest absolute Gasteiger partial charge is 0.435 e. The quantitative estimate of drug-likeness (QED) is 0.801. The van der Waals surface area contributed by atoms with E-state index in [1.807, 2.05) is 0 Å². The Morgan fingerprint density at radius 2 is 2.17 bits per heavy atom. The summed E-state index contributed by atoms with van der Waals surface area (Å²) in [6.07, 6.45) is -3.35. The highest BCUT2D eigenvalue weighted by molar-refractivity contribution is 9.10. The van der Waals surface area contributed by atoms with E-state index in [4.69, 9.17) is 0 Å². The summed E-state index contributed by atoms with van der Waals surface area (Å²) in [5.41, 5.74) is -0.999. The van der Waals surface area contributed by atoms with Gasteiger partial charge in [-0.25, -0.2) is 0 Å². The Kier molecular flexibility index (Phi) is 3.58. The van der Waals surface area contributed by atoms with Crippen LogP contribution in [0.3, 0.4) is 0 Å². The maximum absolute atomic E-state index is 12.3. The summed E-state index contributed by atoms with van der Waals surface area (Å²) in [6, 6.07) is 2.55. The van der Waals surface area contributed by atoms with E-state index in [0.29, 0.717) is 9.35 Å². The predicted molar refractivity (Wildman–Crippen MR) is 63.6 cm³/mol. The second-order valence-corrected chi connectivity index (χ2v) is 5.19. The van der Waals surface area contributed by atoms with E-state index in [0.717, 1.165) is 16.9 Å².